The van der Waals surface area contributed by atoms with Gasteiger partial charge in [-0.05, 0) is 63.3 Å². The summed E-state index contributed by atoms with van der Waals surface area (Å²) in [5.41, 5.74) is 6.89. The normalized spacial score (nSPS) is 8.47. The first-order valence-corrected chi connectivity index (χ1v) is 6.57. The minimum Gasteiger partial charge on any atom is -0.100 e. The van der Waals surface area contributed by atoms with Crippen LogP contribution in [-0.4, -0.2) is 0 Å². The predicted molar refractivity (Wildman–Crippen MR) is 81.9 cm³/mol. The van der Waals surface area contributed by atoms with Crippen molar-refractivity contribution in [3.05, 3.63) is 46.5 Å². The van der Waals surface area contributed by atoms with Crippen LogP contribution in [0.1, 0.15) is 56.9 Å². The second-order valence-corrected chi connectivity index (χ2v) is 4.42. The van der Waals surface area contributed by atoms with Gasteiger partial charge in [-0.1, -0.05) is 38.5 Å². The van der Waals surface area contributed by atoms with Crippen molar-refractivity contribution >= 4 is 0 Å². The fourth-order valence-corrected chi connectivity index (χ4v) is 1.40. The molecule has 0 bridgehead atoms. The third-order valence-electron chi connectivity index (χ3n) is 2.33. The molecule has 0 atom stereocenters. The van der Waals surface area contributed by atoms with Gasteiger partial charge in [0.25, 0.3) is 0 Å². The summed E-state index contributed by atoms with van der Waals surface area (Å²) in [6, 6.07) is 4.57. The molecule has 0 heteroatoms. The lowest BCUT2D eigenvalue weighted by atomic mass is 9.99. The molecule has 1 aromatic rings. The molecule has 0 aliphatic heterocycles. The molecular weight excluding hydrogens is 204 g/mol. The summed E-state index contributed by atoms with van der Waals surface area (Å²) in [5.74, 6) is 0. The van der Waals surface area contributed by atoms with Crippen LogP contribution in [0.25, 0.3) is 0 Å². The molecule has 0 radical (unpaired) electrons. The van der Waals surface area contributed by atoms with E-state index in [1.54, 1.807) is 0 Å². The van der Waals surface area contributed by atoms with Crippen molar-refractivity contribution in [2.75, 3.05) is 0 Å². The highest BCUT2D eigenvalue weighted by Crippen LogP contribution is 2.15. The van der Waals surface area contributed by atoms with Gasteiger partial charge >= 0.3 is 0 Å². The quantitative estimate of drug-likeness (QED) is 0.540. The van der Waals surface area contributed by atoms with Gasteiger partial charge < -0.3 is 0 Å². The average molecular weight is 234 g/mol. The first-order valence-electron chi connectivity index (χ1n) is 6.57. The Morgan fingerprint density at radius 1 is 0.941 bits per heavy atom. The Morgan fingerprint density at radius 3 is 1.65 bits per heavy atom. The van der Waals surface area contributed by atoms with E-state index in [1.165, 1.54) is 27.8 Å². The van der Waals surface area contributed by atoms with Crippen molar-refractivity contribution in [3.63, 3.8) is 0 Å². The molecule has 1 rings (SSSR count). The Hall–Kier alpha value is -1.04. The largest absolute Gasteiger partial charge is 0.100 e. The molecule has 0 nitrogen and oxygen atoms in total. The topological polar surface area (TPSA) is 0 Å². The minimum atomic E-state index is 1.15. The minimum absolute atomic E-state index is 1.15. The van der Waals surface area contributed by atoms with Crippen LogP contribution in [0.15, 0.2) is 24.3 Å². The first kappa shape index (κ1) is 18.3. The molecule has 0 aliphatic carbocycles. The summed E-state index contributed by atoms with van der Waals surface area (Å²) in [6.07, 6.45) is 1.15. The van der Waals surface area contributed by atoms with Crippen molar-refractivity contribution in [2.24, 2.45) is 0 Å². The monoisotopic (exact) mass is 234 g/mol. The van der Waals surface area contributed by atoms with Crippen molar-refractivity contribution < 1.29 is 0 Å². The van der Waals surface area contributed by atoms with Gasteiger partial charge in [-0.15, -0.1) is 6.58 Å². The number of benzene rings is 1. The highest BCUT2D eigenvalue weighted by molar-refractivity contribution is 5.36. The Bertz CT molecular complexity index is 328. The van der Waals surface area contributed by atoms with Crippen molar-refractivity contribution in [3.8, 4) is 0 Å². The van der Waals surface area contributed by atoms with Crippen LogP contribution < -0.4 is 0 Å². The lowest BCUT2D eigenvalue weighted by Gasteiger charge is -2.06. The van der Waals surface area contributed by atoms with Gasteiger partial charge in [0.1, 0.15) is 0 Å². The van der Waals surface area contributed by atoms with Crippen LogP contribution in [0, 0.1) is 20.8 Å². The Labute approximate surface area is 109 Å². The van der Waals surface area contributed by atoms with Crippen LogP contribution >= 0.6 is 0 Å². The molecule has 98 valence electrons. The van der Waals surface area contributed by atoms with Crippen LogP contribution in [0.4, 0.5) is 0 Å². The van der Waals surface area contributed by atoms with Crippen LogP contribution in [0.3, 0.4) is 0 Å². The lowest BCUT2D eigenvalue weighted by Crippen LogP contribution is -1.90. The van der Waals surface area contributed by atoms with E-state index < -0.39 is 0 Å². The number of hydrogen-bond acceptors (Lipinski definition) is 0. The molecular formula is C17H30. The molecule has 0 aromatic heterocycles. The zero-order valence-electron chi connectivity index (χ0n) is 13.1. The Kier molecular flexibility index (Phi) is 10.9. The van der Waals surface area contributed by atoms with E-state index >= 15 is 0 Å². The van der Waals surface area contributed by atoms with Crippen molar-refractivity contribution in [1.82, 2.24) is 0 Å². The second kappa shape index (κ2) is 10.1. The van der Waals surface area contributed by atoms with Gasteiger partial charge in [-0.2, -0.15) is 0 Å². The van der Waals surface area contributed by atoms with Gasteiger partial charge in [0.05, 0.1) is 0 Å². The van der Waals surface area contributed by atoms with Crippen molar-refractivity contribution in [1.29, 1.82) is 0 Å². The molecule has 0 fully saturated rings. The molecule has 0 N–H and O–H groups in total. The summed E-state index contributed by atoms with van der Waals surface area (Å²) in [4.78, 5) is 0. The van der Waals surface area contributed by atoms with Gasteiger partial charge in [-0.3, -0.25) is 0 Å². The molecule has 17 heavy (non-hydrogen) atoms. The number of allylic oxidation sites excluding steroid dienone is 1. The fourth-order valence-electron chi connectivity index (χ4n) is 1.40. The molecule has 0 saturated heterocycles. The molecule has 0 unspecified atom stereocenters. The van der Waals surface area contributed by atoms with Gasteiger partial charge in [0.2, 0.25) is 0 Å². The number of rotatable bonds is 1. The van der Waals surface area contributed by atoms with Crippen LogP contribution in [0.2, 0.25) is 0 Å². The number of aryl methyl sites for hydroxylation is 4. The summed E-state index contributed by atoms with van der Waals surface area (Å²) in [7, 11) is 0. The van der Waals surface area contributed by atoms with Crippen LogP contribution in [0.5, 0.6) is 0 Å². The van der Waals surface area contributed by atoms with E-state index in [-0.39, 0.29) is 0 Å². The average Bonchev–Trinajstić information content (AvgIpc) is 2.25. The van der Waals surface area contributed by atoms with Gasteiger partial charge in [-0.25, -0.2) is 0 Å². The maximum Gasteiger partial charge on any atom is -0.0305 e. The standard InChI is InChI=1S/C11H16.C4H8.C2H6/c1-5-11-7-9(3)8(2)6-10(11)4;1-4(2)3;1-2/h6-7H,5H2,1-4H3;1H2,2-3H3;1-2H3. The highest BCUT2D eigenvalue weighted by atomic mass is 14.0. The smallest absolute Gasteiger partial charge is 0.0305 e. The van der Waals surface area contributed by atoms with Gasteiger partial charge in [0, 0.05) is 0 Å². The van der Waals surface area contributed by atoms with E-state index in [9.17, 15) is 0 Å². The zero-order chi connectivity index (χ0) is 14.0. The lowest BCUT2D eigenvalue weighted by molar-refractivity contribution is 1.09. The molecule has 0 heterocycles. The first-order chi connectivity index (χ1) is 7.88. The van der Waals surface area contributed by atoms with Gasteiger partial charge in [0.15, 0.2) is 0 Å². The second-order valence-electron chi connectivity index (χ2n) is 4.42. The Balaban J connectivity index is 0. The van der Waals surface area contributed by atoms with Crippen molar-refractivity contribution in [2.45, 2.75) is 61.8 Å². The molecule has 0 saturated carbocycles. The summed E-state index contributed by atoms with van der Waals surface area (Å²) in [6.45, 7) is 20.2. The zero-order valence-corrected chi connectivity index (χ0v) is 13.1. The van der Waals surface area contributed by atoms with E-state index in [4.69, 9.17) is 0 Å². The number of hydrogen-bond donors (Lipinski definition) is 0. The predicted octanol–water partition coefficient (Wildman–Crippen LogP) is 5.78. The van der Waals surface area contributed by atoms with Crippen LogP contribution in [-0.2, 0) is 6.42 Å². The third-order valence-corrected chi connectivity index (χ3v) is 2.33. The Morgan fingerprint density at radius 2 is 1.29 bits per heavy atom. The molecule has 0 amide bonds. The molecule has 0 aliphatic rings. The van der Waals surface area contributed by atoms with E-state index in [1.807, 2.05) is 27.7 Å². The SMILES string of the molecule is C=C(C)C.CC.CCc1cc(C)c(C)cc1C. The fraction of sp³-hybridized carbons (Fsp3) is 0.529. The molecule has 1 aromatic carbocycles. The van der Waals surface area contributed by atoms with E-state index in [0.29, 0.717) is 0 Å². The van der Waals surface area contributed by atoms with E-state index in [0.717, 1.165) is 6.42 Å². The summed E-state index contributed by atoms with van der Waals surface area (Å²) in [5, 5.41) is 0. The maximum absolute atomic E-state index is 3.56. The highest BCUT2D eigenvalue weighted by Gasteiger charge is 1.98. The summed E-state index contributed by atoms with van der Waals surface area (Å²) < 4.78 is 0. The summed E-state index contributed by atoms with van der Waals surface area (Å²) >= 11 is 0. The van der Waals surface area contributed by atoms with E-state index in [2.05, 4.69) is 46.4 Å². The molecule has 0 spiro atoms. The third kappa shape index (κ3) is 8.74. The maximum atomic E-state index is 3.56.